The van der Waals surface area contributed by atoms with E-state index in [0.717, 1.165) is 18.2 Å². The van der Waals surface area contributed by atoms with Crippen LogP contribution in [0.5, 0.6) is 5.75 Å². The minimum Gasteiger partial charge on any atom is -0.379 e. The van der Waals surface area contributed by atoms with E-state index in [9.17, 15) is 17.2 Å². The fourth-order valence-electron chi connectivity index (χ4n) is 1.86. The van der Waals surface area contributed by atoms with E-state index >= 15 is 0 Å². The summed E-state index contributed by atoms with van der Waals surface area (Å²) in [6.45, 7) is 0. The van der Waals surface area contributed by atoms with Gasteiger partial charge in [0.15, 0.2) is 4.90 Å². The Bertz CT molecular complexity index is 902. The Hall–Kier alpha value is -2.48. The molecule has 0 amide bonds. The lowest BCUT2D eigenvalue weighted by atomic mass is 10.3. The molecule has 1 N–H and O–H groups in total. The van der Waals surface area contributed by atoms with Crippen molar-refractivity contribution in [2.45, 2.75) is 4.90 Å². The molecule has 0 atom stereocenters. The lowest BCUT2D eigenvalue weighted by Gasteiger charge is -2.08. The molecular weight excluding hydrogens is 302 g/mol. The first kappa shape index (κ1) is 13.5. The SMILES string of the molecule is O=S(=O)(Oc1ccc2nc[nH]c2c1)c1c(F)cccc1F. The molecule has 3 rings (SSSR count). The van der Waals surface area contributed by atoms with Gasteiger partial charge in [-0.3, -0.25) is 0 Å². The molecule has 8 heteroatoms. The molecule has 2 aromatic carbocycles. The third-order valence-electron chi connectivity index (χ3n) is 2.77. The highest BCUT2D eigenvalue weighted by Gasteiger charge is 2.26. The van der Waals surface area contributed by atoms with Gasteiger partial charge in [0.25, 0.3) is 0 Å². The van der Waals surface area contributed by atoms with Crippen LogP contribution in [-0.4, -0.2) is 18.4 Å². The summed E-state index contributed by atoms with van der Waals surface area (Å²) in [5, 5.41) is 0. The van der Waals surface area contributed by atoms with Gasteiger partial charge in [0.05, 0.1) is 17.4 Å². The van der Waals surface area contributed by atoms with Crippen LogP contribution in [0.25, 0.3) is 11.0 Å². The summed E-state index contributed by atoms with van der Waals surface area (Å²) in [6.07, 6.45) is 1.43. The molecule has 0 radical (unpaired) electrons. The maximum atomic E-state index is 13.5. The lowest BCUT2D eigenvalue weighted by Crippen LogP contribution is -2.13. The van der Waals surface area contributed by atoms with Crippen LogP contribution in [0.1, 0.15) is 0 Å². The Labute approximate surface area is 118 Å². The molecule has 0 saturated heterocycles. The van der Waals surface area contributed by atoms with Crippen LogP contribution in [-0.2, 0) is 10.1 Å². The van der Waals surface area contributed by atoms with Crippen LogP contribution in [0.2, 0.25) is 0 Å². The lowest BCUT2D eigenvalue weighted by molar-refractivity contribution is 0.460. The van der Waals surface area contributed by atoms with Crippen LogP contribution < -0.4 is 4.18 Å². The van der Waals surface area contributed by atoms with Gasteiger partial charge in [-0.1, -0.05) is 6.07 Å². The summed E-state index contributed by atoms with van der Waals surface area (Å²) in [6, 6.07) is 7.00. The fraction of sp³-hybridized carbons (Fsp3) is 0. The number of H-pyrrole nitrogens is 1. The summed E-state index contributed by atoms with van der Waals surface area (Å²) in [7, 11) is -4.61. The molecule has 0 fully saturated rings. The standard InChI is InChI=1S/C13H8F2N2O3S/c14-9-2-1-3-10(15)13(9)21(18,19)20-8-4-5-11-12(6-8)17-7-16-11/h1-7H,(H,16,17). The van der Waals surface area contributed by atoms with E-state index in [-0.39, 0.29) is 5.75 Å². The normalized spacial score (nSPS) is 11.7. The molecular formula is C13H8F2N2O3S. The average Bonchev–Trinajstić information content (AvgIpc) is 2.85. The second kappa shape index (κ2) is 4.81. The van der Waals surface area contributed by atoms with E-state index in [4.69, 9.17) is 4.18 Å². The summed E-state index contributed by atoms with van der Waals surface area (Å²) < 4.78 is 55.8. The van der Waals surface area contributed by atoms with Gasteiger partial charge in [0.1, 0.15) is 17.4 Å². The van der Waals surface area contributed by atoms with Crippen molar-refractivity contribution in [3.05, 3.63) is 54.4 Å². The third-order valence-corrected chi connectivity index (χ3v) is 4.07. The molecule has 21 heavy (non-hydrogen) atoms. The van der Waals surface area contributed by atoms with E-state index < -0.39 is 26.6 Å². The number of hydrogen-bond acceptors (Lipinski definition) is 4. The molecule has 0 aliphatic carbocycles. The highest BCUT2D eigenvalue weighted by molar-refractivity contribution is 7.87. The molecule has 5 nitrogen and oxygen atoms in total. The van der Waals surface area contributed by atoms with E-state index in [1.165, 1.54) is 24.5 Å². The van der Waals surface area contributed by atoms with E-state index in [0.29, 0.717) is 11.0 Å². The molecule has 0 aliphatic heterocycles. The van der Waals surface area contributed by atoms with Gasteiger partial charge in [-0.15, -0.1) is 0 Å². The minimum absolute atomic E-state index is 0.0746. The Morgan fingerprint density at radius 1 is 1.10 bits per heavy atom. The second-order valence-electron chi connectivity index (χ2n) is 4.17. The van der Waals surface area contributed by atoms with Gasteiger partial charge < -0.3 is 9.17 Å². The first-order valence-electron chi connectivity index (χ1n) is 5.79. The summed E-state index contributed by atoms with van der Waals surface area (Å²) in [4.78, 5) is 5.62. The molecule has 3 aromatic rings. The van der Waals surface area contributed by atoms with E-state index in [1.54, 1.807) is 0 Å². The first-order chi connectivity index (χ1) is 9.97. The number of nitrogens with one attached hydrogen (secondary N) is 1. The summed E-state index contributed by atoms with van der Waals surface area (Å²) in [5.41, 5.74) is 1.15. The van der Waals surface area contributed by atoms with Crippen molar-refractivity contribution in [1.82, 2.24) is 9.97 Å². The van der Waals surface area contributed by atoms with Crippen LogP contribution in [0.4, 0.5) is 8.78 Å². The predicted molar refractivity (Wildman–Crippen MR) is 70.3 cm³/mol. The number of fused-ring (bicyclic) bond motifs is 1. The largest absolute Gasteiger partial charge is 0.379 e. The number of imidazole rings is 1. The van der Waals surface area contributed by atoms with Gasteiger partial charge in [-0.25, -0.2) is 13.8 Å². The zero-order chi connectivity index (χ0) is 15.0. The number of halogens is 2. The Morgan fingerprint density at radius 2 is 1.81 bits per heavy atom. The Morgan fingerprint density at radius 3 is 2.52 bits per heavy atom. The van der Waals surface area contributed by atoms with Crippen molar-refractivity contribution in [3.8, 4) is 5.75 Å². The number of rotatable bonds is 3. The zero-order valence-electron chi connectivity index (χ0n) is 10.4. The number of aromatic amines is 1. The van der Waals surface area contributed by atoms with Crippen molar-refractivity contribution >= 4 is 21.2 Å². The Kier molecular flexibility index (Phi) is 3.09. The maximum absolute atomic E-state index is 13.5. The highest BCUT2D eigenvalue weighted by Crippen LogP contribution is 2.25. The number of benzene rings is 2. The average molecular weight is 310 g/mol. The van der Waals surface area contributed by atoms with Crippen molar-refractivity contribution in [3.63, 3.8) is 0 Å². The predicted octanol–water partition coefficient (Wildman–Crippen LogP) is 2.61. The molecule has 0 saturated carbocycles. The Balaban J connectivity index is 2.03. The van der Waals surface area contributed by atoms with Gasteiger partial charge in [0.2, 0.25) is 0 Å². The van der Waals surface area contributed by atoms with Gasteiger partial charge >= 0.3 is 10.1 Å². The van der Waals surface area contributed by atoms with E-state index in [1.807, 2.05) is 0 Å². The molecule has 1 heterocycles. The smallest absolute Gasteiger partial charge is 0.345 e. The number of hydrogen-bond donors (Lipinski definition) is 1. The molecule has 1 aromatic heterocycles. The maximum Gasteiger partial charge on any atom is 0.345 e. The molecule has 0 unspecified atom stereocenters. The topological polar surface area (TPSA) is 72.1 Å². The monoisotopic (exact) mass is 310 g/mol. The summed E-state index contributed by atoms with van der Waals surface area (Å²) >= 11 is 0. The van der Waals surface area contributed by atoms with Gasteiger partial charge in [-0.05, 0) is 24.3 Å². The molecule has 0 spiro atoms. The van der Waals surface area contributed by atoms with E-state index in [2.05, 4.69) is 9.97 Å². The summed E-state index contributed by atoms with van der Waals surface area (Å²) in [5.74, 6) is -2.50. The van der Waals surface area contributed by atoms with Gasteiger partial charge in [-0.2, -0.15) is 8.42 Å². The zero-order valence-corrected chi connectivity index (χ0v) is 11.2. The fourth-order valence-corrected chi connectivity index (χ4v) is 2.91. The van der Waals surface area contributed by atoms with Crippen LogP contribution in [0, 0.1) is 11.6 Å². The first-order valence-corrected chi connectivity index (χ1v) is 7.20. The number of aromatic nitrogens is 2. The second-order valence-corrected chi connectivity index (χ2v) is 5.65. The van der Waals surface area contributed by atoms with Crippen LogP contribution in [0.3, 0.4) is 0 Å². The van der Waals surface area contributed by atoms with Crippen LogP contribution >= 0.6 is 0 Å². The quantitative estimate of drug-likeness (QED) is 0.755. The minimum atomic E-state index is -4.61. The van der Waals surface area contributed by atoms with Crippen molar-refractivity contribution in [1.29, 1.82) is 0 Å². The van der Waals surface area contributed by atoms with Crippen LogP contribution in [0.15, 0.2) is 47.6 Å². The molecule has 0 aliphatic rings. The molecule has 108 valence electrons. The van der Waals surface area contributed by atoms with Crippen molar-refractivity contribution in [2.24, 2.45) is 0 Å². The molecule has 0 bridgehead atoms. The van der Waals surface area contributed by atoms with Gasteiger partial charge in [0, 0.05) is 6.07 Å². The van der Waals surface area contributed by atoms with Crippen molar-refractivity contribution in [2.75, 3.05) is 0 Å². The number of nitrogens with zero attached hydrogens (tertiary/aromatic N) is 1. The highest BCUT2D eigenvalue weighted by atomic mass is 32.2. The van der Waals surface area contributed by atoms with Crippen molar-refractivity contribution < 1.29 is 21.4 Å². The third kappa shape index (κ3) is 2.45.